The summed E-state index contributed by atoms with van der Waals surface area (Å²) in [6.07, 6.45) is 0. The fourth-order valence-electron chi connectivity index (χ4n) is 1.53. The van der Waals surface area contributed by atoms with Crippen molar-refractivity contribution in [3.63, 3.8) is 0 Å². The number of nitrogens with zero attached hydrogens (tertiary/aromatic N) is 1. The van der Waals surface area contributed by atoms with Crippen LogP contribution in [-0.2, 0) is 4.79 Å². The molecule has 1 aromatic carbocycles. The van der Waals surface area contributed by atoms with Crippen molar-refractivity contribution < 1.29 is 14.6 Å². The Morgan fingerprint density at radius 2 is 2.26 bits per heavy atom. The monoisotopic (exact) mass is 267 g/mol. The number of nitrogens with two attached hydrogens (primary N) is 1. The Morgan fingerprint density at radius 1 is 1.58 bits per heavy atom. The molecule has 1 amide bonds. The van der Waals surface area contributed by atoms with E-state index >= 15 is 0 Å². The molecule has 0 radical (unpaired) electrons. The van der Waals surface area contributed by atoms with Gasteiger partial charge in [0.1, 0.15) is 5.75 Å². The number of nitrogens with one attached hydrogen (secondary N) is 1. The lowest BCUT2D eigenvalue weighted by Gasteiger charge is -2.22. The highest BCUT2D eigenvalue weighted by Crippen LogP contribution is 2.26. The van der Waals surface area contributed by atoms with E-state index in [1.54, 1.807) is 30.1 Å². The van der Waals surface area contributed by atoms with Crippen LogP contribution in [0.3, 0.4) is 0 Å². The number of anilines is 2. The summed E-state index contributed by atoms with van der Waals surface area (Å²) in [4.78, 5) is 13.6. The zero-order valence-electron chi connectivity index (χ0n) is 11.5. The minimum absolute atomic E-state index is 0.00534. The van der Waals surface area contributed by atoms with Gasteiger partial charge in [-0.3, -0.25) is 9.69 Å². The molecule has 0 fully saturated rings. The van der Waals surface area contributed by atoms with Crippen LogP contribution < -0.4 is 15.8 Å². The van der Waals surface area contributed by atoms with E-state index in [1.165, 1.54) is 7.11 Å². The van der Waals surface area contributed by atoms with Gasteiger partial charge < -0.3 is 20.9 Å². The van der Waals surface area contributed by atoms with Crippen LogP contribution in [0.4, 0.5) is 11.4 Å². The lowest BCUT2D eigenvalue weighted by Crippen LogP contribution is -2.38. The molecule has 1 unspecified atom stereocenters. The third-order valence-corrected chi connectivity index (χ3v) is 2.91. The van der Waals surface area contributed by atoms with Gasteiger partial charge in [0.25, 0.3) is 0 Å². The van der Waals surface area contributed by atoms with Gasteiger partial charge in [0.15, 0.2) is 0 Å². The Labute approximate surface area is 113 Å². The quantitative estimate of drug-likeness (QED) is 0.654. The first-order valence-corrected chi connectivity index (χ1v) is 6.02. The number of aliphatic hydroxyl groups is 1. The first-order chi connectivity index (χ1) is 8.97. The number of likely N-dealkylation sites (N-methyl/N-ethyl adjacent to an activating group) is 1. The Kier molecular flexibility index (Phi) is 5.59. The van der Waals surface area contributed by atoms with Crippen molar-refractivity contribution in [2.24, 2.45) is 0 Å². The summed E-state index contributed by atoms with van der Waals surface area (Å²) in [6.45, 7) is 2.03. The van der Waals surface area contributed by atoms with Crippen molar-refractivity contribution in [1.29, 1.82) is 0 Å². The third kappa shape index (κ3) is 4.42. The van der Waals surface area contributed by atoms with Crippen LogP contribution in [0.2, 0.25) is 0 Å². The van der Waals surface area contributed by atoms with E-state index in [0.29, 0.717) is 17.1 Å². The molecule has 19 heavy (non-hydrogen) atoms. The number of methoxy groups -OCH3 is 1. The van der Waals surface area contributed by atoms with Gasteiger partial charge >= 0.3 is 0 Å². The molecule has 0 aliphatic carbocycles. The largest absolute Gasteiger partial charge is 0.495 e. The summed E-state index contributed by atoms with van der Waals surface area (Å²) in [6, 6.07) is 4.97. The average Bonchev–Trinajstić information content (AvgIpc) is 2.37. The predicted octanol–water partition coefficient (Wildman–Crippen LogP) is 0.528. The van der Waals surface area contributed by atoms with Crippen molar-refractivity contribution in [2.45, 2.75) is 13.0 Å². The van der Waals surface area contributed by atoms with Crippen LogP contribution in [0.5, 0.6) is 5.75 Å². The van der Waals surface area contributed by atoms with E-state index < -0.39 is 0 Å². The summed E-state index contributed by atoms with van der Waals surface area (Å²) >= 11 is 0. The van der Waals surface area contributed by atoms with Crippen molar-refractivity contribution in [1.82, 2.24) is 4.90 Å². The van der Waals surface area contributed by atoms with Crippen LogP contribution in [-0.4, -0.2) is 49.3 Å². The fraction of sp³-hybridized carbons (Fsp3) is 0.462. The Bertz CT molecular complexity index is 437. The number of hydrogen-bond acceptors (Lipinski definition) is 5. The standard InChI is InChI=1S/C13H21N3O3/c1-9(8-17)16(2)7-13(18)15-11-6-10(14)4-5-12(11)19-3/h4-6,9,17H,7-8,14H2,1-3H3,(H,15,18). The van der Waals surface area contributed by atoms with E-state index in [9.17, 15) is 4.79 Å². The van der Waals surface area contributed by atoms with Crippen LogP contribution >= 0.6 is 0 Å². The van der Waals surface area contributed by atoms with Crippen LogP contribution in [0.1, 0.15) is 6.92 Å². The lowest BCUT2D eigenvalue weighted by atomic mass is 10.2. The Balaban J connectivity index is 2.69. The average molecular weight is 267 g/mol. The molecular weight excluding hydrogens is 246 g/mol. The number of carbonyl (C=O) groups is 1. The first kappa shape index (κ1) is 15.3. The second kappa shape index (κ2) is 6.96. The van der Waals surface area contributed by atoms with Gasteiger partial charge in [0, 0.05) is 11.7 Å². The number of rotatable bonds is 6. The molecule has 0 aromatic heterocycles. The molecule has 1 rings (SSSR count). The summed E-state index contributed by atoms with van der Waals surface area (Å²) in [5.74, 6) is 0.368. The van der Waals surface area contributed by atoms with Crippen molar-refractivity contribution in [3.8, 4) is 5.75 Å². The molecule has 6 nitrogen and oxygen atoms in total. The topological polar surface area (TPSA) is 87.8 Å². The molecule has 0 bridgehead atoms. The van der Waals surface area contributed by atoms with Gasteiger partial charge in [-0.2, -0.15) is 0 Å². The second-order valence-electron chi connectivity index (χ2n) is 4.45. The highest BCUT2D eigenvalue weighted by molar-refractivity contribution is 5.94. The molecule has 0 aliphatic rings. The van der Waals surface area contributed by atoms with E-state index in [4.69, 9.17) is 15.6 Å². The molecule has 0 heterocycles. The summed E-state index contributed by atoms with van der Waals surface area (Å²) in [5.41, 5.74) is 6.77. The normalized spacial score (nSPS) is 12.3. The van der Waals surface area contributed by atoms with Crippen LogP contribution in [0.25, 0.3) is 0 Å². The molecule has 0 spiro atoms. The smallest absolute Gasteiger partial charge is 0.238 e. The maximum atomic E-state index is 11.9. The molecular formula is C13H21N3O3. The summed E-state index contributed by atoms with van der Waals surface area (Å²) in [7, 11) is 3.30. The highest BCUT2D eigenvalue weighted by atomic mass is 16.5. The Hall–Kier alpha value is -1.79. The molecule has 0 saturated carbocycles. The molecule has 4 N–H and O–H groups in total. The number of nitrogen functional groups attached to an aromatic ring is 1. The summed E-state index contributed by atoms with van der Waals surface area (Å²) in [5, 5.41) is 11.8. The minimum atomic E-state index is -0.188. The van der Waals surface area contributed by atoms with E-state index in [2.05, 4.69) is 5.32 Å². The van der Waals surface area contributed by atoms with Gasteiger partial charge in [0.2, 0.25) is 5.91 Å². The number of hydrogen-bond donors (Lipinski definition) is 3. The summed E-state index contributed by atoms with van der Waals surface area (Å²) < 4.78 is 5.15. The van der Waals surface area contributed by atoms with Gasteiger partial charge in [-0.15, -0.1) is 0 Å². The zero-order valence-corrected chi connectivity index (χ0v) is 11.5. The van der Waals surface area contributed by atoms with Gasteiger partial charge in [-0.25, -0.2) is 0 Å². The van der Waals surface area contributed by atoms with Crippen molar-refractivity contribution in [3.05, 3.63) is 18.2 Å². The fourth-order valence-corrected chi connectivity index (χ4v) is 1.53. The molecule has 1 aromatic rings. The van der Waals surface area contributed by atoms with Gasteiger partial charge in [-0.05, 0) is 32.2 Å². The maximum Gasteiger partial charge on any atom is 0.238 e. The number of carbonyl (C=O) groups excluding carboxylic acids is 1. The number of ether oxygens (including phenoxy) is 1. The molecule has 1 atom stereocenters. The highest BCUT2D eigenvalue weighted by Gasteiger charge is 2.13. The van der Waals surface area contributed by atoms with E-state index in [-0.39, 0.29) is 25.1 Å². The maximum absolute atomic E-state index is 11.9. The number of benzene rings is 1. The molecule has 0 aliphatic heterocycles. The predicted molar refractivity (Wildman–Crippen MR) is 75.2 cm³/mol. The van der Waals surface area contributed by atoms with Crippen LogP contribution in [0.15, 0.2) is 18.2 Å². The zero-order chi connectivity index (χ0) is 14.4. The molecule has 0 saturated heterocycles. The van der Waals surface area contributed by atoms with E-state index in [1.807, 2.05) is 6.92 Å². The number of amides is 1. The van der Waals surface area contributed by atoms with Crippen molar-refractivity contribution >= 4 is 17.3 Å². The SMILES string of the molecule is COc1ccc(N)cc1NC(=O)CN(C)C(C)CO. The Morgan fingerprint density at radius 3 is 2.84 bits per heavy atom. The van der Waals surface area contributed by atoms with Gasteiger partial charge in [-0.1, -0.05) is 0 Å². The first-order valence-electron chi connectivity index (χ1n) is 6.02. The third-order valence-electron chi connectivity index (χ3n) is 2.91. The minimum Gasteiger partial charge on any atom is -0.495 e. The second-order valence-corrected chi connectivity index (χ2v) is 4.45. The van der Waals surface area contributed by atoms with Crippen molar-refractivity contribution in [2.75, 3.05) is 38.4 Å². The lowest BCUT2D eigenvalue weighted by molar-refractivity contribution is -0.117. The number of aliphatic hydroxyl groups excluding tert-OH is 1. The molecule has 6 heteroatoms. The van der Waals surface area contributed by atoms with E-state index in [0.717, 1.165) is 0 Å². The molecule has 106 valence electrons. The van der Waals surface area contributed by atoms with Gasteiger partial charge in [0.05, 0.1) is 25.9 Å². The van der Waals surface area contributed by atoms with Crippen LogP contribution in [0, 0.1) is 0 Å².